The lowest BCUT2D eigenvalue weighted by Crippen LogP contribution is -2.28. The minimum atomic E-state index is -3.43. The molecule has 0 bridgehead atoms. The number of sulfonamides is 1. The summed E-state index contributed by atoms with van der Waals surface area (Å²) < 4.78 is 44.6. The number of aromatic nitrogens is 1. The predicted molar refractivity (Wildman–Crippen MR) is 92.6 cm³/mol. The lowest BCUT2D eigenvalue weighted by atomic mass is 10.3. The van der Waals surface area contributed by atoms with Gasteiger partial charge in [-0.15, -0.1) is 0 Å². The molecule has 0 atom stereocenters. The van der Waals surface area contributed by atoms with Crippen molar-refractivity contribution in [3.63, 3.8) is 0 Å². The van der Waals surface area contributed by atoms with Gasteiger partial charge in [0.05, 0.1) is 6.54 Å². The van der Waals surface area contributed by atoms with Crippen LogP contribution in [0, 0.1) is 5.82 Å². The number of ether oxygens (including phenoxy) is 1. The van der Waals surface area contributed by atoms with Gasteiger partial charge < -0.3 is 10.1 Å². The molecular formula is C17H20FN3O3S. The summed E-state index contributed by atoms with van der Waals surface area (Å²) in [5.41, 5.74) is 0. The highest BCUT2D eigenvalue weighted by atomic mass is 32.2. The van der Waals surface area contributed by atoms with Gasteiger partial charge in [-0.3, -0.25) is 0 Å². The summed E-state index contributed by atoms with van der Waals surface area (Å²) in [6.45, 7) is 2.01. The van der Waals surface area contributed by atoms with Crippen molar-refractivity contribution in [3.05, 3.63) is 48.4 Å². The maximum Gasteiger partial charge on any atom is 0.244 e. The number of nitrogens with zero attached hydrogens (tertiary/aromatic N) is 2. The minimum Gasteiger partial charge on any atom is -0.492 e. The second-order valence-corrected chi connectivity index (χ2v) is 7.66. The number of hydrogen-bond donors (Lipinski definition) is 1. The molecule has 0 radical (unpaired) electrons. The molecule has 0 amide bonds. The number of anilines is 1. The first kappa shape index (κ1) is 17.6. The molecule has 1 N–H and O–H groups in total. The van der Waals surface area contributed by atoms with Crippen LogP contribution in [0.25, 0.3) is 0 Å². The first-order chi connectivity index (χ1) is 12.1. The molecule has 1 saturated heterocycles. The molecule has 6 nitrogen and oxygen atoms in total. The van der Waals surface area contributed by atoms with Gasteiger partial charge in [-0.25, -0.2) is 17.8 Å². The summed E-state index contributed by atoms with van der Waals surface area (Å²) in [6, 6.07) is 9.00. The van der Waals surface area contributed by atoms with Gasteiger partial charge in [0.25, 0.3) is 0 Å². The first-order valence-corrected chi connectivity index (χ1v) is 9.58. The van der Waals surface area contributed by atoms with E-state index in [9.17, 15) is 12.8 Å². The number of hydrogen-bond acceptors (Lipinski definition) is 5. The van der Waals surface area contributed by atoms with Gasteiger partial charge in [0.1, 0.15) is 28.9 Å². The molecular weight excluding hydrogens is 345 g/mol. The first-order valence-electron chi connectivity index (χ1n) is 8.14. The fourth-order valence-electron chi connectivity index (χ4n) is 2.59. The highest BCUT2D eigenvalue weighted by Gasteiger charge is 2.27. The molecule has 0 unspecified atom stereocenters. The predicted octanol–water partition coefficient (Wildman–Crippen LogP) is 2.50. The smallest absolute Gasteiger partial charge is 0.244 e. The molecule has 3 rings (SSSR count). The van der Waals surface area contributed by atoms with Crippen LogP contribution in [0.3, 0.4) is 0 Å². The van der Waals surface area contributed by atoms with Gasteiger partial charge in [0.2, 0.25) is 10.0 Å². The minimum absolute atomic E-state index is 0.211. The van der Waals surface area contributed by atoms with Crippen LogP contribution in [0.4, 0.5) is 10.2 Å². The molecule has 2 heterocycles. The van der Waals surface area contributed by atoms with Gasteiger partial charge in [-0.1, -0.05) is 0 Å². The number of nitrogens with one attached hydrogen (secondary N) is 1. The third kappa shape index (κ3) is 4.46. The number of halogens is 1. The molecule has 8 heteroatoms. The standard InChI is InChI=1S/C17H20FN3O3S/c18-14-3-5-15(6-4-14)24-12-9-19-17-8-7-16(13-20-17)25(22,23)21-10-1-2-11-21/h3-8,13H,1-2,9-12H2,(H,19,20). The Morgan fingerprint density at radius 3 is 2.48 bits per heavy atom. The maximum absolute atomic E-state index is 12.8. The summed E-state index contributed by atoms with van der Waals surface area (Å²) in [6.07, 6.45) is 3.18. The number of pyridine rings is 1. The number of benzene rings is 1. The molecule has 0 saturated carbocycles. The Morgan fingerprint density at radius 2 is 1.84 bits per heavy atom. The lowest BCUT2D eigenvalue weighted by molar-refractivity contribution is 0.332. The fraction of sp³-hybridized carbons (Fsp3) is 0.353. The maximum atomic E-state index is 12.8. The van der Waals surface area contributed by atoms with Crippen molar-refractivity contribution in [2.75, 3.05) is 31.6 Å². The van der Waals surface area contributed by atoms with Crippen LogP contribution in [-0.4, -0.2) is 43.9 Å². The molecule has 1 aliphatic rings. The SMILES string of the molecule is O=S(=O)(c1ccc(NCCOc2ccc(F)cc2)nc1)N1CCCC1. The van der Waals surface area contributed by atoms with Crippen LogP contribution in [0.1, 0.15) is 12.8 Å². The van der Waals surface area contributed by atoms with Gasteiger partial charge in [-0.05, 0) is 49.2 Å². The van der Waals surface area contributed by atoms with Crippen molar-refractivity contribution in [2.24, 2.45) is 0 Å². The average Bonchev–Trinajstić information content (AvgIpc) is 3.16. The monoisotopic (exact) mass is 365 g/mol. The highest BCUT2D eigenvalue weighted by Crippen LogP contribution is 2.20. The second-order valence-electron chi connectivity index (χ2n) is 5.72. The summed E-state index contributed by atoms with van der Waals surface area (Å²) in [7, 11) is -3.43. The van der Waals surface area contributed by atoms with E-state index in [1.54, 1.807) is 24.3 Å². The van der Waals surface area contributed by atoms with Crippen LogP contribution in [0.5, 0.6) is 5.75 Å². The molecule has 0 spiro atoms. The Kier molecular flexibility index (Phi) is 5.50. The van der Waals surface area contributed by atoms with Crippen LogP contribution >= 0.6 is 0 Å². The molecule has 1 aromatic carbocycles. The zero-order valence-corrected chi connectivity index (χ0v) is 14.5. The highest BCUT2D eigenvalue weighted by molar-refractivity contribution is 7.89. The average molecular weight is 365 g/mol. The fourth-order valence-corrected chi connectivity index (χ4v) is 4.06. The van der Waals surface area contributed by atoms with E-state index in [4.69, 9.17) is 4.74 Å². The van der Waals surface area contributed by atoms with Gasteiger partial charge in [0, 0.05) is 19.3 Å². The van der Waals surface area contributed by atoms with E-state index in [0.29, 0.717) is 37.8 Å². The van der Waals surface area contributed by atoms with Crippen molar-refractivity contribution in [3.8, 4) is 5.75 Å². The van der Waals surface area contributed by atoms with Crippen molar-refractivity contribution in [1.29, 1.82) is 0 Å². The Hall–Kier alpha value is -2.19. The number of rotatable bonds is 7. The molecule has 134 valence electrons. The Morgan fingerprint density at radius 1 is 1.12 bits per heavy atom. The Balaban J connectivity index is 1.50. The van der Waals surface area contributed by atoms with Crippen molar-refractivity contribution in [2.45, 2.75) is 17.7 Å². The van der Waals surface area contributed by atoms with Gasteiger partial charge >= 0.3 is 0 Å². The zero-order valence-electron chi connectivity index (χ0n) is 13.7. The summed E-state index contributed by atoms with van der Waals surface area (Å²) >= 11 is 0. The Labute approximate surface area is 146 Å². The second kappa shape index (κ2) is 7.79. The van der Waals surface area contributed by atoms with E-state index in [1.165, 1.54) is 22.6 Å². The van der Waals surface area contributed by atoms with E-state index >= 15 is 0 Å². The summed E-state index contributed by atoms with van der Waals surface area (Å²) in [5, 5.41) is 3.06. The van der Waals surface area contributed by atoms with Crippen LogP contribution < -0.4 is 10.1 Å². The summed E-state index contributed by atoms with van der Waals surface area (Å²) in [5.74, 6) is 0.852. The van der Waals surface area contributed by atoms with Gasteiger partial charge in [0.15, 0.2) is 0 Å². The van der Waals surface area contributed by atoms with Crippen LogP contribution in [0.15, 0.2) is 47.5 Å². The lowest BCUT2D eigenvalue weighted by Gasteiger charge is -2.15. The van der Waals surface area contributed by atoms with Crippen LogP contribution in [-0.2, 0) is 10.0 Å². The van der Waals surface area contributed by atoms with E-state index in [1.807, 2.05) is 0 Å². The van der Waals surface area contributed by atoms with E-state index in [-0.39, 0.29) is 10.7 Å². The third-order valence-electron chi connectivity index (χ3n) is 3.93. The van der Waals surface area contributed by atoms with E-state index in [0.717, 1.165) is 12.8 Å². The van der Waals surface area contributed by atoms with E-state index in [2.05, 4.69) is 10.3 Å². The molecule has 2 aromatic rings. The summed E-state index contributed by atoms with van der Waals surface area (Å²) in [4.78, 5) is 4.36. The zero-order chi connectivity index (χ0) is 17.7. The molecule has 1 aromatic heterocycles. The van der Waals surface area contributed by atoms with Crippen LogP contribution in [0.2, 0.25) is 0 Å². The topological polar surface area (TPSA) is 71.5 Å². The Bertz CT molecular complexity index is 789. The molecule has 25 heavy (non-hydrogen) atoms. The largest absolute Gasteiger partial charge is 0.492 e. The van der Waals surface area contributed by atoms with Crippen molar-refractivity contribution in [1.82, 2.24) is 9.29 Å². The third-order valence-corrected chi connectivity index (χ3v) is 5.81. The normalized spacial score (nSPS) is 15.2. The molecule has 1 aliphatic heterocycles. The molecule has 0 aliphatic carbocycles. The van der Waals surface area contributed by atoms with Crippen molar-refractivity contribution < 1.29 is 17.5 Å². The van der Waals surface area contributed by atoms with E-state index < -0.39 is 10.0 Å². The molecule has 1 fully saturated rings. The van der Waals surface area contributed by atoms with Gasteiger partial charge in [-0.2, -0.15) is 4.31 Å². The van der Waals surface area contributed by atoms with Crippen molar-refractivity contribution >= 4 is 15.8 Å². The quantitative estimate of drug-likeness (QED) is 0.764.